The molecule has 1 atom stereocenters. The number of hydrogen-bond donors (Lipinski definition) is 1. The first-order chi connectivity index (χ1) is 11.7. The van der Waals surface area contributed by atoms with Crippen molar-refractivity contribution in [3.05, 3.63) is 71.3 Å². The molecule has 0 bridgehead atoms. The number of alkyl halides is 3. The Kier molecular flexibility index (Phi) is 4.12. The molecule has 0 spiro atoms. The van der Waals surface area contributed by atoms with Crippen LogP contribution in [0.4, 0.5) is 13.2 Å². The van der Waals surface area contributed by atoms with Gasteiger partial charge in [-0.3, -0.25) is 4.79 Å². The second kappa shape index (κ2) is 6.00. The molecule has 0 radical (unpaired) electrons. The Labute approximate surface area is 142 Å². The summed E-state index contributed by atoms with van der Waals surface area (Å²) in [5, 5.41) is 14.2. The SMILES string of the molecule is Cc1ccc(C2=NN(C(=O)c3ccccc3)C(O)(C(F)(F)F)C2)cc1. The summed E-state index contributed by atoms with van der Waals surface area (Å²) in [5.41, 5.74) is -1.99. The topological polar surface area (TPSA) is 52.9 Å². The molecule has 0 saturated carbocycles. The van der Waals surface area contributed by atoms with Crippen molar-refractivity contribution in [2.75, 3.05) is 0 Å². The van der Waals surface area contributed by atoms with Crippen molar-refractivity contribution >= 4 is 11.6 Å². The number of rotatable bonds is 2. The zero-order valence-corrected chi connectivity index (χ0v) is 13.3. The van der Waals surface area contributed by atoms with Crippen molar-refractivity contribution < 1.29 is 23.1 Å². The maximum atomic E-state index is 13.5. The summed E-state index contributed by atoms with van der Waals surface area (Å²) in [7, 11) is 0. The van der Waals surface area contributed by atoms with Gasteiger partial charge in [-0.1, -0.05) is 48.0 Å². The summed E-state index contributed by atoms with van der Waals surface area (Å²) < 4.78 is 40.5. The van der Waals surface area contributed by atoms with Crippen LogP contribution in [0, 0.1) is 6.92 Å². The van der Waals surface area contributed by atoms with Gasteiger partial charge >= 0.3 is 6.18 Å². The van der Waals surface area contributed by atoms with Crippen molar-refractivity contribution in [2.24, 2.45) is 5.10 Å². The Balaban J connectivity index is 2.04. The number of benzene rings is 2. The van der Waals surface area contributed by atoms with Gasteiger partial charge in [0, 0.05) is 5.56 Å². The smallest absolute Gasteiger partial charge is 0.362 e. The van der Waals surface area contributed by atoms with E-state index in [0.717, 1.165) is 5.56 Å². The van der Waals surface area contributed by atoms with Crippen molar-refractivity contribution in [2.45, 2.75) is 25.2 Å². The molecule has 1 aliphatic rings. The Morgan fingerprint density at radius 2 is 1.72 bits per heavy atom. The Bertz CT molecular complexity index is 816. The minimum atomic E-state index is -5.05. The molecule has 130 valence electrons. The molecule has 3 rings (SSSR count). The number of amides is 1. The van der Waals surface area contributed by atoms with Crippen molar-refractivity contribution in [1.29, 1.82) is 0 Å². The monoisotopic (exact) mass is 348 g/mol. The normalized spacial score (nSPS) is 20.5. The summed E-state index contributed by atoms with van der Waals surface area (Å²) in [4.78, 5) is 12.5. The number of carbonyl (C=O) groups excluding carboxylic acids is 1. The molecule has 1 amide bonds. The van der Waals surface area contributed by atoms with E-state index in [1.54, 1.807) is 30.3 Å². The number of hydrazone groups is 1. The molecular formula is C18H15F3N2O2. The number of hydrogen-bond acceptors (Lipinski definition) is 3. The zero-order chi connectivity index (χ0) is 18.2. The summed E-state index contributed by atoms with van der Waals surface area (Å²) in [6.45, 7) is 1.84. The highest BCUT2D eigenvalue weighted by atomic mass is 19.4. The molecule has 2 aromatic rings. The van der Waals surface area contributed by atoms with Crippen LogP contribution < -0.4 is 0 Å². The minimum Gasteiger partial charge on any atom is -0.362 e. The van der Waals surface area contributed by atoms with E-state index in [0.29, 0.717) is 5.56 Å². The first kappa shape index (κ1) is 17.2. The first-order valence-corrected chi connectivity index (χ1v) is 7.55. The van der Waals surface area contributed by atoms with Crippen LogP contribution in [0.25, 0.3) is 0 Å². The summed E-state index contributed by atoms with van der Waals surface area (Å²) in [6.07, 6.45) is -5.87. The van der Waals surface area contributed by atoms with Crippen LogP contribution in [0.5, 0.6) is 0 Å². The first-order valence-electron chi connectivity index (χ1n) is 7.55. The lowest BCUT2D eigenvalue weighted by Gasteiger charge is -2.32. The van der Waals surface area contributed by atoms with Gasteiger partial charge in [0.1, 0.15) is 0 Å². The number of carbonyl (C=O) groups is 1. The van der Waals surface area contributed by atoms with Crippen molar-refractivity contribution in [3.8, 4) is 0 Å². The molecule has 7 heteroatoms. The fourth-order valence-electron chi connectivity index (χ4n) is 2.59. The molecule has 0 aliphatic carbocycles. The lowest BCUT2D eigenvalue weighted by Crippen LogP contribution is -2.56. The molecule has 1 heterocycles. The fraction of sp³-hybridized carbons (Fsp3) is 0.222. The van der Waals surface area contributed by atoms with Crippen LogP contribution in [0.3, 0.4) is 0 Å². The summed E-state index contributed by atoms with van der Waals surface area (Å²) >= 11 is 0. The number of aryl methyl sites for hydroxylation is 1. The Morgan fingerprint density at radius 3 is 2.28 bits per heavy atom. The molecule has 25 heavy (non-hydrogen) atoms. The van der Waals surface area contributed by atoms with Gasteiger partial charge in [0.2, 0.25) is 0 Å². The highest BCUT2D eigenvalue weighted by Gasteiger charge is 2.63. The summed E-state index contributed by atoms with van der Waals surface area (Å²) in [5.74, 6) is -1.01. The quantitative estimate of drug-likeness (QED) is 0.903. The van der Waals surface area contributed by atoms with E-state index in [9.17, 15) is 23.1 Å². The standard InChI is InChI=1S/C18H15F3N2O2/c1-12-7-9-13(10-8-12)15-11-17(25,18(19,20)21)23(22-15)16(24)14-5-3-2-4-6-14/h2-10,25H,11H2,1H3. The predicted molar refractivity (Wildman–Crippen MR) is 85.9 cm³/mol. The molecule has 0 fully saturated rings. The number of halogens is 3. The molecule has 0 saturated heterocycles. The maximum Gasteiger partial charge on any atom is 0.438 e. The van der Waals surface area contributed by atoms with Crippen molar-refractivity contribution in [1.82, 2.24) is 5.01 Å². The van der Waals surface area contributed by atoms with Crippen LogP contribution in [-0.2, 0) is 0 Å². The average Bonchev–Trinajstić information content (AvgIpc) is 2.94. The van der Waals surface area contributed by atoms with Crippen LogP contribution >= 0.6 is 0 Å². The molecule has 0 aromatic heterocycles. The van der Waals surface area contributed by atoms with Gasteiger partial charge in [-0.05, 0) is 24.6 Å². The predicted octanol–water partition coefficient (Wildman–Crippen LogP) is 3.50. The van der Waals surface area contributed by atoms with E-state index < -0.39 is 24.2 Å². The van der Waals surface area contributed by atoms with E-state index >= 15 is 0 Å². The lowest BCUT2D eigenvalue weighted by molar-refractivity contribution is -0.297. The number of nitrogens with zero attached hydrogens (tertiary/aromatic N) is 2. The van der Waals surface area contributed by atoms with Gasteiger partial charge in [0.25, 0.3) is 11.6 Å². The van der Waals surface area contributed by atoms with E-state index in [4.69, 9.17) is 0 Å². The third kappa shape index (κ3) is 3.02. The lowest BCUT2D eigenvalue weighted by atomic mass is 10.00. The molecule has 1 N–H and O–H groups in total. The van der Waals surface area contributed by atoms with E-state index in [2.05, 4.69) is 5.10 Å². The van der Waals surface area contributed by atoms with Crippen LogP contribution in [-0.4, -0.2) is 33.6 Å². The fourth-order valence-corrected chi connectivity index (χ4v) is 2.59. The third-order valence-corrected chi connectivity index (χ3v) is 4.04. The number of aliphatic hydroxyl groups is 1. The van der Waals surface area contributed by atoms with E-state index in [1.165, 1.54) is 24.3 Å². The van der Waals surface area contributed by atoms with Gasteiger partial charge in [-0.25, -0.2) is 0 Å². The minimum absolute atomic E-state index is 0.00380. The average molecular weight is 348 g/mol. The molecule has 2 aromatic carbocycles. The van der Waals surface area contributed by atoms with Gasteiger partial charge in [0.05, 0.1) is 12.1 Å². The Morgan fingerprint density at radius 1 is 1.12 bits per heavy atom. The van der Waals surface area contributed by atoms with Crippen LogP contribution in [0.15, 0.2) is 59.7 Å². The third-order valence-electron chi connectivity index (χ3n) is 4.04. The van der Waals surface area contributed by atoms with E-state index in [1.807, 2.05) is 6.92 Å². The molecule has 4 nitrogen and oxygen atoms in total. The van der Waals surface area contributed by atoms with Gasteiger partial charge < -0.3 is 5.11 Å². The van der Waals surface area contributed by atoms with Crippen LogP contribution in [0.1, 0.15) is 27.9 Å². The largest absolute Gasteiger partial charge is 0.438 e. The van der Waals surface area contributed by atoms with Gasteiger partial charge in [0.15, 0.2) is 0 Å². The highest BCUT2D eigenvalue weighted by molar-refractivity contribution is 6.05. The summed E-state index contributed by atoms with van der Waals surface area (Å²) in [6, 6.07) is 14.1. The molecule has 1 unspecified atom stereocenters. The molecular weight excluding hydrogens is 333 g/mol. The van der Waals surface area contributed by atoms with E-state index in [-0.39, 0.29) is 16.3 Å². The zero-order valence-electron chi connectivity index (χ0n) is 13.3. The second-order valence-corrected chi connectivity index (χ2v) is 5.89. The van der Waals surface area contributed by atoms with Gasteiger partial charge in [-0.15, -0.1) is 0 Å². The second-order valence-electron chi connectivity index (χ2n) is 5.89. The van der Waals surface area contributed by atoms with Crippen LogP contribution in [0.2, 0.25) is 0 Å². The maximum absolute atomic E-state index is 13.5. The van der Waals surface area contributed by atoms with Crippen molar-refractivity contribution in [3.63, 3.8) is 0 Å². The van der Waals surface area contributed by atoms with Gasteiger partial charge in [-0.2, -0.15) is 23.3 Å². The highest BCUT2D eigenvalue weighted by Crippen LogP contribution is 2.41. The molecule has 1 aliphatic heterocycles. The Hall–Kier alpha value is -2.67.